The smallest absolute Gasteiger partial charge is 0.119 e. The Balaban J connectivity index is 2.34. The molecule has 0 radical (unpaired) electrons. The largest absolute Gasteiger partial charge is 0.264 e. The number of rotatable bonds is 2. The zero-order valence-corrected chi connectivity index (χ0v) is 8.53. The van der Waals surface area contributed by atoms with E-state index in [0.717, 1.165) is 16.3 Å². The average Bonchev–Trinajstić information content (AvgIpc) is 2.30. The Morgan fingerprint density at radius 2 is 2.07 bits per heavy atom. The molecule has 2 heterocycles. The molecule has 70 valence electrons. The van der Waals surface area contributed by atoms with Gasteiger partial charge < -0.3 is 0 Å². The van der Waals surface area contributed by atoms with Gasteiger partial charge in [0.15, 0.2) is 0 Å². The molecule has 0 bridgehead atoms. The summed E-state index contributed by atoms with van der Waals surface area (Å²) in [5.41, 5.74) is 1.85. The lowest BCUT2D eigenvalue weighted by atomic mass is 10.2. The van der Waals surface area contributed by atoms with Crippen molar-refractivity contribution in [2.24, 2.45) is 0 Å². The van der Waals surface area contributed by atoms with Crippen molar-refractivity contribution in [3.8, 4) is 11.3 Å². The molecule has 4 heteroatoms. The lowest BCUT2D eigenvalue weighted by molar-refractivity contribution is 0.937. The maximum atomic E-state index is 4.11. The summed E-state index contributed by atoms with van der Waals surface area (Å²) in [6.07, 6.45) is 5.50. The lowest BCUT2D eigenvalue weighted by Gasteiger charge is -1.98. The van der Waals surface area contributed by atoms with E-state index in [-0.39, 0.29) is 0 Å². The highest BCUT2D eigenvalue weighted by Gasteiger charge is 1.99. The van der Waals surface area contributed by atoms with Gasteiger partial charge in [-0.2, -0.15) is 0 Å². The van der Waals surface area contributed by atoms with Crippen LogP contribution in [0.4, 0.5) is 0 Å². The van der Waals surface area contributed by atoms with Crippen LogP contribution in [0, 0.1) is 0 Å². The summed E-state index contributed by atoms with van der Waals surface area (Å²) < 4.78 is 0. The van der Waals surface area contributed by atoms with Crippen LogP contribution in [0.2, 0.25) is 0 Å². The van der Waals surface area contributed by atoms with Gasteiger partial charge in [-0.15, -0.1) is 22.0 Å². The molecule has 0 N–H and O–H groups in total. The predicted octanol–water partition coefficient (Wildman–Crippen LogP) is 2.26. The number of hydrogen-bond acceptors (Lipinski definition) is 4. The Labute approximate surface area is 86.6 Å². The molecule has 0 atom stereocenters. The Morgan fingerprint density at radius 3 is 2.64 bits per heavy atom. The highest BCUT2D eigenvalue weighted by molar-refractivity contribution is 7.98. The van der Waals surface area contributed by atoms with Gasteiger partial charge >= 0.3 is 0 Å². The van der Waals surface area contributed by atoms with Crippen molar-refractivity contribution >= 4 is 11.8 Å². The molecular formula is C10H9N3S. The van der Waals surface area contributed by atoms with Crippen molar-refractivity contribution in [1.82, 2.24) is 15.2 Å². The standard InChI is InChI=1S/C10H9N3S/c1-14-10-5-4-9(12-13-10)8-3-2-6-11-7-8/h2-7H,1H3. The topological polar surface area (TPSA) is 38.7 Å². The molecule has 0 aliphatic carbocycles. The Kier molecular flexibility index (Phi) is 2.74. The number of thioether (sulfide) groups is 1. The van der Waals surface area contributed by atoms with E-state index in [0.29, 0.717) is 0 Å². The first-order valence-electron chi connectivity index (χ1n) is 4.18. The van der Waals surface area contributed by atoms with Crippen LogP contribution in [-0.2, 0) is 0 Å². The first-order chi connectivity index (χ1) is 6.90. The van der Waals surface area contributed by atoms with Crippen LogP contribution in [0.1, 0.15) is 0 Å². The van der Waals surface area contributed by atoms with Gasteiger partial charge in [0.05, 0.1) is 5.69 Å². The van der Waals surface area contributed by atoms with Gasteiger partial charge in [0.1, 0.15) is 5.03 Å². The zero-order chi connectivity index (χ0) is 9.80. The number of nitrogens with zero attached hydrogens (tertiary/aromatic N) is 3. The third-order valence-electron chi connectivity index (χ3n) is 1.81. The number of hydrogen-bond donors (Lipinski definition) is 0. The minimum atomic E-state index is 0.857. The van der Waals surface area contributed by atoms with Gasteiger partial charge in [0.25, 0.3) is 0 Å². The van der Waals surface area contributed by atoms with E-state index in [1.54, 1.807) is 24.2 Å². The van der Waals surface area contributed by atoms with E-state index in [4.69, 9.17) is 0 Å². The van der Waals surface area contributed by atoms with Gasteiger partial charge in [-0.3, -0.25) is 4.98 Å². The van der Waals surface area contributed by atoms with Crippen molar-refractivity contribution in [2.45, 2.75) is 5.03 Å². The molecule has 0 spiro atoms. The van der Waals surface area contributed by atoms with Crippen LogP contribution in [0.5, 0.6) is 0 Å². The second kappa shape index (κ2) is 4.19. The van der Waals surface area contributed by atoms with Crippen LogP contribution in [0.15, 0.2) is 41.7 Å². The molecule has 14 heavy (non-hydrogen) atoms. The summed E-state index contributed by atoms with van der Waals surface area (Å²) in [4.78, 5) is 4.03. The minimum Gasteiger partial charge on any atom is -0.264 e. The summed E-state index contributed by atoms with van der Waals surface area (Å²) in [5, 5.41) is 9.10. The quantitative estimate of drug-likeness (QED) is 0.702. The molecule has 0 amide bonds. The predicted molar refractivity (Wildman–Crippen MR) is 57.0 cm³/mol. The van der Waals surface area contributed by atoms with Gasteiger partial charge in [-0.05, 0) is 30.5 Å². The molecule has 0 aromatic carbocycles. The third kappa shape index (κ3) is 1.90. The Hall–Kier alpha value is -1.42. The average molecular weight is 203 g/mol. The highest BCUT2D eigenvalue weighted by Crippen LogP contribution is 2.16. The van der Waals surface area contributed by atoms with Crippen molar-refractivity contribution in [2.75, 3.05) is 6.26 Å². The molecule has 0 aliphatic rings. The van der Waals surface area contributed by atoms with Gasteiger partial charge in [-0.25, -0.2) is 0 Å². The molecule has 0 saturated heterocycles. The van der Waals surface area contributed by atoms with Crippen LogP contribution >= 0.6 is 11.8 Å². The van der Waals surface area contributed by atoms with Crippen LogP contribution in [-0.4, -0.2) is 21.4 Å². The van der Waals surface area contributed by atoms with E-state index in [9.17, 15) is 0 Å². The van der Waals surface area contributed by atoms with Gasteiger partial charge in [0.2, 0.25) is 0 Å². The summed E-state index contributed by atoms with van der Waals surface area (Å²) in [6, 6.07) is 7.77. The molecule has 0 aliphatic heterocycles. The van der Waals surface area contributed by atoms with Crippen molar-refractivity contribution in [1.29, 1.82) is 0 Å². The monoisotopic (exact) mass is 203 g/mol. The Bertz CT molecular complexity index is 399. The molecular weight excluding hydrogens is 194 g/mol. The number of pyridine rings is 1. The minimum absolute atomic E-state index is 0.857. The van der Waals surface area contributed by atoms with Crippen LogP contribution in [0.25, 0.3) is 11.3 Å². The highest BCUT2D eigenvalue weighted by atomic mass is 32.2. The van der Waals surface area contributed by atoms with Crippen molar-refractivity contribution in [3.05, 3.63) is 36.7 Å². The van der Waals surface area contributed by atoms with Crippen LogP contribution < -0.4 is 0 Å². The SMILES string of the molecule is CSc1ccc(-c2cccnc2)nn1. The molecule has 3 nitrogen and oxygen atoms in total. The summed E-state index contributed by atoms with van der Waals surface area (Å²) in [6.45, 7) is 0. The molecule has 0 saturated carbocycles. The molecule has 0 fully saturated rings. The normalized spacial score (nSPS) is 10.1. The third-order valence-corrected chi connectivity index (χ3v) is 2.44. The maximum Gasteiger partial charge on any atom is 0.119 e. The van der Waals surface area contributed by atoms with E-state index < -0.39 is 0 Å². The second-order valence-corrected chi connectivity index (χ2v) is 3.53. The maximum absolute atomic E-state index is 4.11. The van der Waals surface area contributed by atoms with Crippen molar-refractivity contribution in [3.63, 3.8) is 0 Å². The van der Waals surface area contributed by atoms with Gasteiger partial charge in [0, 0.05) is 18.0 Å². The Morgan fingerprint density at radius 1 is 1.14 bits per heavy atom. The number of aromatic nitrogens is 3. The zero-order valence-electron chi connectivity index (χ0n) is 7.71. The van der Waals surface area contributed by atoms with E-state index in [2.05, 4.69) is 15.2 Å². The summed E-state index contributed by atoms with van der Waals surface area (Å²) in [7, 11) is 0. The summed E-state index contributed by atoms with van der Waals surface area (Å²) in [5.74, 6) is 0. The van der Waals surface area contributed by atoms with Crippen molar-refractivity contribution < 1.29 is 0 Å². The second-order valence-electron chi connectivity index (χ2n) is 2.70. The first kappa shape index (κ1) is 9.15. The van der Waals surface area contributed by atoms with E-state index in [1.807, 2.05) is 30.5 Å². The first-order valence-corrected chi connectivity index (χ1v) is 5.41. The lowest BCUT2D eigenvalue weighted by Crippen LogP contribution is -1.88. The fourth-order valence-corrected chi connectivity index (χ4v) is 1.42. The van der Waals surface area contributed by atoms with E-state index >= 15 is 0 Å². The summed E-state index contributed by atoms with van der Waals surface area (Å²) >= 11 is 1.58. The molecule has 2 rings (SSSR count). The molecule has 2 aromatic heterocycles. The molecule has 2 aromatic rings. The fourth-order valence-electron chi connectivity index (χ4n) is 1.10. The van der Waals surface area contributed by atoms with Gasteiger partial charge in [-0.1, -0.05) is 0 Å². The van der Waals surface area contributed by atoms with E-state index in [1.165, 1.54) is 0 Å². The molecule has 0 unspecified atom stereocenters. The fraction of sp³-hybridized carbons (Fsp3) is 0.100. The van der Waals surface area contributed by atoms with Crippen LogP contribution in [0.3, 0.4) is 0 Å².